The second-order valence-electron chi connectivity index (χ2n) is 10.9. The molecule has 1 fully saturated rings. The fraction of sp³-hybridized carbons (Fsp3) is 0.484. The number of halogens is 1. The maximum Gasteiger partial charge on any atom is 0.527 e. The SMILES string of the molecule is CCCCCCCCCC[n+]1cccc(OP(=O)(O)OC[C@H]2O[C@@H](n3cc(F)c(=O)[nH]c3=O)C[C@@H]2OC(=O)c2ccccc2)c1. The Balaban J connectivity index is 1.36. The Labute approximate surface area is 260 Å². The second kappa shape index (κ2) is 16.6. The van der Waals surface area contributed by atoms with Gasteiger partial charge in [-0.2, -0.15) is 4.39 Å². The van der Waals surface area contributed by atoms with Crippen molar-refractivity contribution in [2.45, 2.75) is 89.7 Å². The molecule has 4 rings (SSSR count). The number of unbranched alkanes of at least 4 members (excludes halogenated alkanes) is 7. The summed E-state index contributed by atoms with van der Waals surface area (Å²) in [6.45, 7) is 2.35. The number of nitrogens with zero attached hydrogens (tertiary/aromatic N) is 2. The molecule has 1 unspecified atom stereocenters. The third kappa shape index (κ3) is 10.5. The summed E-state index contributed by atoms with van der Waals surface area (Å²) in [6, 6.07) is 11.3. The van der Waals surface area contributed by atoms with Gasteiger partial charge in [-0.05, 0) is 24.6 Å². The number of phosphoric ester groups is 1. The van der Waals surface area contributed by atoms with E-state index in [4.69, 9.17) is 18.5 Å². The maximum absolute atomic E-state index is 14.0. The number of hydrogen-bond donors (Lipinski definition) is 2. The number of carbonyl (C=O) groups is 1. The molecule has 0 amide bonds. The number of rotatable bonds is 17. The number of hydrogen-bond acceptors (Lipinski definition) is 8. The molecule has 2 N–H and O–H groups in total. The van der Waals surface area contributed by atoms with E-state index in [1.807, 2.05) is 15.7 Å². The van der Waals surface area contributed by atoms with Crippen LogP contribution in [0.5, 0.6) is 5.75 Å². The molecule has 1 aromatic carbocycles. The van der Waals surface area contributed by atoms with Gasteiger partial charge in [-0.25, -0.2) is 18.7 Å². The number of nitrogens with one attached hydrogen (secondary N) is 1. The van der Waals surface area contributed by atoms with Crippen molar-refractivity contribution in [1.82, 2.24) is 9.55 Å². The fourth-order valence-corrected chi connectivity index (χ4v) is 5.81. The summed E-state index contributed by atoms with van der Waals surface area (Å²) in [6.07, 6.45) is 10.1. The molecule has 1 aliphatic rings. The first kappa shape index (κ1) is 34.2. The first-order chi connectivity index (χ1) is 21.6. The van der Waals surface area contributed by atoms with Gasteiger partial charge in [0.2, 0.25) is 12.0 Å². The number of aromatic amines is 1. The van der Waals surface area contributed by atoms with Gasteiger partial charge in [-0.3, -0.25) is 23.8 Å². The van der Waals surface area contributed by atoms with Gasteiger partial charge in [0.15, 0.2) is 11.9 Å². The van der Waals surface area contributed by atoms with E-state index >= 15 is 0 Å². The first-order valence-corrected chi connectivity index (χ1v) is 16.7. The molecule has 0 saturated carbocycles. The number of phosphoric acid groups is 1. The lowest BCUT2D eigenvalue weighted by Gasteiger charge is -2.20. The molecular weight excluding hydrogens is 608 g/mol. The van der Waals surface area contributed by atoms with E-state index in [2.05, 4.69) is 6.92 Å². The lowest BCUT2D eigenvalue weighted by Crippen LogP contribution is -2.34. The summed E-state index contributed by atoms with van der Waals surface area (Å²) in [5.74, 6) is -1.80. The zero-order chi connectivity index (χ0) is 32.2. The third-order valence-corrected chi connectivity index (χ3v) is 8.32. The predicted octanol–water partition coefficient (Wildman–Crippen LogP) is 4.81. The number of pyridine rings is 1. The molecular formula is C31H40FN3O9P+. The van der Waals surface area contributed by atoms with Gasteiger partial charge in [-0.1, -0.05) is 63.6 Å². The highest BCUT2D eigenvalue weighted by Crippen LogP contribution is 2.44. The molecule has 14 heteroatoms. The van der Waals surface area contributed by atoms with Crippen molar-refractivity contribution in [3.05, 3.63) is 93.3 Å². The lowest BCUT2D eigenvalue weighted by molar-refractivity contribution is -0.697. The minimum Gasteiger partial charge on any atom is -0.456 e. The molecule has 0 aliphatic carbocycles. The molecule has 1 aliphatic heterocycles. The molecule has 12 nitrogen and oxygen atoms in total. The molecule has 2 aromatic heterocycles. The molecule has 0 bridgehead atoms. The Bertz CT molecular complexity index is 1570. The van der Waals surface area contributed by atoms with Crippen LogP contribution in [0.3, 0.4) is 0 Å². The van der Waals surface area contributed by atoms with E-state index in [0.717, 1.165) is 30.4 Å². The van der Waals surface area contributed by atoms with Crippen LogP contribution in [0.2, 0.25) is 0 Å². The van der Waals surface area contributed by atoms with Crippen molar-refractivity contribution in [3.8, 4) is 5.75 Å². The molecule has 0 spiro atoms. The normalized spacial score (nSPS) is 19.2. The van der Waals surface area contributed by atoms with Crippen molar-refractivity contribution in [1.29, 1.82) is 0 Å². The van der Waals surface area contributed by atoms with E-state index in [1.165, 1.54) is 38.2 Å². The van der Waals surface area contributed by atoms with Crippen LogP contribution in [0, 0.1) is 5.82 Å². The van der Waals surface area contributed by atoms with E-state index in [0.29, 0.717) is 6.20 Å². The van der Waals surface area contributed by atoms with Crippen molar-refractivity contribution in [3.63, 3.8) is 0 Å². The van der Waals surface area contributed by atoms with E-state index < -0.39 is 55.9 Å². The molecule has 1 saturated heterocycles. The number of aromatic nitrogens is 3. The summed E-state index contributed by atoms with van der Waals surface area (Å²) in [5.41, 5.74) is -1.89. The van der Waals surface area contributed by atoms with Crippen molar-refractivity contribution >= 4 is 13.8 Å². The van der Waals surface area contributed by atoms with E-state index in [1.54, 1.807) is 42.6 Å². The summed E-state index contributed by atoms with van der Waals surface area (Å²) in [4.78, 5) is 48.9. The topological polar surface area (TPSA) is 150 Å². The van der Waals surface area contributed by atoms with Gasteiger partial charge in [0, 0.05) is 18.9 Å². The molecule has 3 heterocycles. The van der Waals surface area contributed by atoms with E-state index in [-0.39, 0.29) is 17.7 Å². The van der Waals surface area contributed by atoms with Gasteiger partial charge < -0.3 is 14.0 Å². The van der Waals surface area contributed by atoms with Crippen molar-refractivity contribution < 1.29 is 41.7 Å². The number of benzene rings is 1. The highest BCUT2D eigenvalue weighted by molar-refractivity contribution is 7.47. The second-order valence-corrected chi connectivity index (χ2v) is 12.3. The summed E-state index contributed by atoms with van der Waals surface area (Å²) >= 11 is 0. The molecule has 45 heavy (non-hydrogen) atoms. The smallest absolute Gasteiger partial charge is 0.456 e. The molecule has 4 atom stereocenters. The molecule has 244 valence electrons. The van der Waals surface area contributed by atoms with Crippen LogP contribution in [0.4, 0.5) is 4.39 Å². The Hall–Kier alpha value is -3.64. The van der Waals surface area contributed by atoms with Gasteiger partial charge in [0.05, 0.1) is 18.4 Å². The Kier molecular flexibility index (Phi) is 12.6. The number of carbonyl (C=O) groups excluding carboxylic acids is 1. The summed E-state index contributed by atoms with van der Waals surface area (Å²) in [5, 5.41) is 0. The van der Waals surface area contributed by atoms with Crippen LogP contribution in [-0.2, 0) is 25.1 Å². The maximum atomic E-state index is 14.0. The highest BCUT2D eigenvalue weighted by atomic mass is 31.2. The zero-order valence-corrected chi connectivity index (χ0v) is 26.1. The van der Waals surface area contributed by atoms with Gasteiger partial charge in [-0.15, -0.1) is 0 Å². The van der Waals surface area contributed by atoms with Gasteiger partial charge in [0.25, 0.3) is 5.56 Å². The van der Waals surface area contributed by atoms with Crippen LogP contribution in [-0.4, -0.2) is 39.2 Å². The van der Waals surface area contributed by atoms with Crippen LogP contribution in [0.15, 0.2) is 70.6 Å². The van der Waals surface area contributed by atoms with Crippen LogP contribution < -0.4 is 20.3 Å². The number of ether oxygens (including phenoxy) is 2. The fourth-order valence-electron chi connectivity index (χ4n) is 5.05. The average Bonchev–Trinajstić information content (AvgIpc) is 3.41. The number of esters is 1. The largest absolute Gasteiger partial charge is 0.527 e. The van der Waals surface area contributed by atoms with Crippen molar-refractivity contribution in [2.24, 2.45) is 0 Å². The lowest BCUT2D eigenvalue weighted by atomic mass is 10.1. The first-order valence-electron chi connectivity index (χ1n) is 15.2. The standard InChI is InChI=1S/C31H39FN3O9P/c1-2-3-4-5-6-7-8-12-17-34-18-13-16-24(20-34)44-45(39,40)41-22-27-26(43-30(37)23-14-10-9-11-15-23)19-28(42-27)35-21-25(32)29(36)33-31(35)38/h9-11,13-16,18,20-21,26-28H,2-8,12,17,19,22H2,1H3,(H-,33,36,38,39,40)/p+1/t26-,27+,28+/m0/s1. The van der Waals surface area contributed by atoms with Crippen molar-refractivity contribution in [2.75, 3.05) is 6.61 Å². The Morgan fingerprint density at radius 3 is 2.53 bits per heavy atom. The number of aryl methyl sites for hydroxylation is 1. The monoisotopic (exact) mass is 648 g/mol. The minimum absolute atomic E-state index is 0.121. The van der Waals surface area contributed by atoms with E-state index in [9.17, 15) is 28.2 Å². The van der Waals surface area contributed by atoms with Crippen LogP contribution >= 0.6 is 7.82 Å². The third-order valence-electron chi connectivity index (χ3n) is 7.41. The summed E-state index contributed by atoms with van der Waals surface area (Å²) in [7, 11) is -4.68. The predicted molar refractivity (Wildman–Crippen MR) is 161 cm³/mol. The Morgan fingerprint density at radius 2 is 1.80 bits per heavy atom. The van der Waals surface area contributed by atoms with Gasteiger partial charge in [0.1, 0.15) is 25.0 Å². The summed E-state index contributed by atoms with van der Waals surface area (Å²) < 4.78 is 51.5. The average molecular weight is 649 g/mol. The molecule has 0 radical (unpaired) electrons. The van der Waals surface area contributed by atoms with Crippen LogP contribution in [0.1, 0.15) is 81.3 Å². The highest BCUT2D eigenvalue weighted by Gasteiger charge is 2.41. The minimum atomic E-state index is -4.68. The zero-order valence-electron chi connectivity index (χ0n) is 25.2. The molecule has 3 aromatic rings. The quantitative estimate of drug-likeness (QED) is 0.0910. The Morgan fingerprint density at radius 1 is 1.09 bits per heavy atom. The van der Waals surface area contributed by atoms with Crippen LogP contribution in [0.25, 0.3) is 0 Å². The number of H-pyrrole nitrogens is 1. The van der Waals surface area contributed by atoms with Gasteiger partial charge >= 0.3 is 19.5 Å².